The van der Waals surface area contributed by atoms with E-state index in [-0.39, 0.29) is 23.7 Å². The second kappa shape index (κ2) is 8.07. The monoisotopic (exact) mass is 420 g/mol. The van der Waals surface area contributed by atoms with Crippen LogP contribution in [-0.4, -0.2) is 10.5 Å². The zero-order chi connectivity index (χ0) is 21.3. The van der Waals surface area contributed by atoms with Gasteiger partial charge in [-0.3, -0.25) is 4.79 Å². The van der Waals surface area contributed by atoms with E-state index in [0.29, 0.717) is 17.8 Å². The molecule has 5 heteroatoms. The Balaban J connectivity index is 1.59. The van der Waals surface area contributed by atoms with Gasteiger partial charge >= 0.3 is 0 Å². The SMILES string of the molecule is CC(C)(C)c1ccc(Cn2c(C(=O)NCc3ccccc3F)cc3sccc32)cc1. The van der Waals surface area contributed by atoms with Crippen LogP contribution in [-0.2, 0) is 18.5 Å². The van der Waals surface area contributed by atoms with Gasteiger partial charge in [0, 0.05) is 18.7 Å². The molecule has 0 saturated carbocycles. The average Bonchev–Trinajstić information content (AvgIpc) is 3.29. The molecule has 0 spiro atoms. The van der Waals surface area contributed by atoms with Crippen molar-refractivity contribution in [1.29, 1.82) is 0 Å². The van der Waals surface area contributed by atoms with E-state index in [1.807, 2.05) is 22.1 Å². The van der Waals surface area contributed by atoms with Crippen LogP contribution < -0.4 is 5.32 Å². The minimum absolute atomic E-state index is 0.102. The number of nitrogens with one attached hydrogen (secondary N) is 1. The molecule has 4 aromatic rings. The Morgan fingerprint density at radius 2 is 1.80 bits per heavy atom. The van der Waals surface area contributed by atoms with Crippen LogP contribution in [0.1, 0.15) is 48.0 Å². The summed E-state index contributed by atoms with van der Waals surface area (Å²) >= 11 is 1.61. The van der Waals surface area contributed by atoms with E-state index in [0.717, 1.165) is 15.8 Å². The van der Waals surface area contributed by atoms with Crippen LogP contribution >= 0.6 is 11.3 Å². The lowest BCUT2D eigenvalue weighted by molar-refractivity contribution is 0.0942. The maximum atomic E-state index is 13.9. The minimum atomic E-state index is -0.312. The first-order chi connectivity index (χ1) is 14.3. The summed E-state index contributed by atoms with van der Waals surface area (Å²) in [6, 6.07) is 19.0. The molecule has 2 aromatic heterocycles. The molecule has 30 heavy (non-hydrogen) atoms. The number of thiophene rings is 1. The molecule has 4 rings (SSSR count). The van der Waals surface area contributed by atoms with Crippen molar-refractivity contribution < 1.29 is 9.18 Å². The van der Waals surface area contributed by atoms with Crippen LogP contribution in [0.5, 0.6) is 0 Å². The number of nitrogens with zero attached hydrogens (tertiary/aromatic N) is 1. The molecule has 154 valence electrons. The lowest BCUT2D eigenvalue weighted by Crippen LogP contribution is -2.26. The van der Waals surface area contributed by atoms with Crippen molar-refractivity contribution in [2.75, 3.05) is 0 Å². The molecule has 2 aromatic carbocycles. The smallest absolute Gasteiger partial charge is 0.268 e. The van der Waals surface area contributed by atoms with Crippen LogP contribution in [0.3, 0.4) is 0 Å². The van der Waals surface area contributed by atoms with Crippen LogP contribution in [0.2, 0.25) is 0 Å². The third-order valence-corrected chi connectivity index (χ3v) is 6.17. The summed E-state index contributed by atoms with van der Waals surface area (Å²) in [5, 5.41) is 4.90. The number of carbonyl (C=O) groups excluding carboxylic acids is 1. The van der Waals surface area contributed by atoms with Crippen LogP contribution in [0.25, 0.3) is 10.2 Å². The fraction of sp³-hybridized carbons (Fsp3) is 0.240. The number of halogens is 1. The van der Waals surface area contributed by atoms with Crippen molar-refractivity contribution in [1.82, 2.24) is 9.88 Å². The van der Waals surface area contributed by atoms with Crippen LogP contribution in [0.15, 0.2) is 66.0 Å². The molecule has 0 radical (unpaired) electrons. The largest absolute Gasteiger partial charge is 0.347 e. The number of amides is 1. The highest BCUT2D eigenvalue weighted by atomic mass is 32.1. The van der Waals surface area contributed by atoms with Crippen molar-refractivity contribution in [2.45, 2.75) is 39.3 Å². The molecule has 0 aliphatic rings. The highest BCUT2D eigenvalue weighted by molar-refractivity contribution is 7.17. The molecule has 2 heterocycles. The first-order valence-electron chi connectivity index (χ1n) is 10.0. The summed E-state index contributed by atoms with van der Waals surface area (Å²) in [7, 11) is 0. The van der Waals surface area contributed by atoms with Gasteiger partial charge in [0.15, 0.2) is 0 Å². The Hall–Kier alpha value is -2.92. The molecule has 1 amide bonds. The van der Waals surface area contributed by atoms with Crippen molar-refractivity contribution >= 4 is 27.5 Å². The number of aromatic nitrogens is 1. The zero-order valence-corrected chi connectivity index (χ0v) is 18.2. The van der Waals surface area contributed by atoms with Gasteiger partial charge in [0.1, 0.15) is 11.5 Å². The molecule has 0 atom stereocenters. The van der Waals surface area contributed by atoms with E-state index in [9.17, 15) is 9.18 Å². The van der Waals surface area contributed by atoms with Gasteiger partial charge in [-0.2, -0.15) is 0 Å². The van der Waals surface area contributed by atoms with E-state index in [4.69, 9.17) is 0 Å². The first kappa shape index (κ1) is 20.4. The number of hydrogen-bond acceptors (Lipinski definition) is 2. The number of carbonyl (C=O) groups is 1. The molecule has 0 saturated heterocycles. The Bertz CT molecular complexity index is 1180. The lowest BCUT2D eigenvalue weighted by Gasteiger charge is -2.19. The Labute approximate surface area is 180 Å². The normalized spacial score (nSPS) is 11.7. The van der Waals surface area contributed by atoms with E-state index >= 15 is 0 Å². The number of hydrogen-bond donors (Lipinski definition) is 1. The molecule has 0 unspecified atom stereocenters. The van der Waals surface area contributed by atoms with Crippen LogP contribution in [0, 0.1) is 5.82 Å². The fourth-order valence-electron chi connectivity index (χ4n) is 3.54. The fourth-order valence-corrected chi connectivity index (χ4v) is 4.36. The van der Waals surface area contributed by atoms with Gasteiger partial charge in [0.25, 0.3) is 5.91 Å². The number of rotatable bonds is 5. The highest BCUT2D eigenvalue weighted by Gasteiger charge is 2.18. The molecule has 0 bridgehead atoms. The molecular weight excluding hydrogens is 395 g/mol. The minimum Gasteiger partial charge on any atom is -0.347 e. The molecule has 3 nitrogen and oxygen atoms in total. The topological polar surface area (TPSA) is 34.0 Å². The molecule has 1 N–H and O–H groups in total. The number of fused-ring (bicyclic) bond motifs is 1. The molecule has 0 aliphatic carbocycles. The third kappa shape index (κ3) is 4.17. The van der Waals surface area contributed by atoms with Gasteiger partial charge in [0.05, 0.1) is 10.2 Å². The van der Waals surface area contributed by atoms with E-state index in [1.165, 1.54) is 11.6 Å². The maximum absolute atomic E-state index is 13.9. The second-order valence-corrected chi connectivity index (χ2v) is 9.45. The summed E-state index contributed by atoms with van der Waals surface area (Å²) in [6.07, 6.45) is 0. The van der Waals surface area contributed by atoms with Crippen molar-refractivity contribution in [2.24, 2.45) is 0 Å². The average molecular weight is 421 g/mol. The Morgan fingerprint density at radius 1 is 1.07 bits per heavy atom. The predicted octanol–water partition coefficient (Wildman–Crippen LogP) is 6.12. The van der Waals surface area contributed by atoms with Gasteiger partial charge < -0.3 is 9.88 Å². The van der Waals surface area contributed by atoms with E-state index in [2.05, 4.69) is 50.4 Å². The Kier molecular flexibility index (Phi) is 5.48. The standard InChI is InChI=1S/C25H25FN2OS/c1-25(2,3)19-10-8-17(9-11-19)16-28-21-12-13-30-23(21)14-22(28)24(29)27-15-18-6-4-5-7-20(18)26/h4-14H,15-16H2,1-3H3,(H,27,29). The van der Waals surface area contributed by atoms with E-state index in [1.54, 1.807) is 29.5 Å². The summed E-state index contributed by atoms with van der Waals surface area (Å²) in [6.45, 7) is 7.35. The maximum Gasteiger partial charge on any atom is 0.268 e. The van der Waals surface area contributed by atoms with Gasteiger partial charge in [-0.15, -0.1) is 11.3 Å². The van der Waals surface area contributed by atoms with Crippen molar-refractivity contribution in [3.05, 3.63) is 94.2 Å². The Morgan fingerprint density at radius 3 is 2.50 bits per heavy atom. The quantitative estimate of drug-likeness (QED) is 0.415. The highest BCUT2D eigenvalue weighted by Crippen LogP contribution is 2.27. The van der Waals surface area contributed by atoms with Crippen molar-refractivity contribution in [3.8, 4) is 0 Å². The third-order valence-electron chi connectivity index (χ3n) is 5.31. The summed E-state index contributed by atoms with van der Waals surface area (Å²) < 4.78 is 17.0. The molecular formula is C25H25FN2OS. The molecule has 0 aliphatic heterocycles. The van der Waals surface area contributed by atoms with Crippen LogP contribution in [0.4, 0.5) is 4.39 Å². The van der Waals surface area contributed by atoms with Gasteiger partial charge in [0.2, 0.25) is 0 Å². The van der Waals surface area contributed by atoms with Gasteiger partial charge in [-0.1, -0.05) is 63.2 Å². The lowest BCUT2D eigenvalue weighted by atomic mass is 9.87. The summed E-state index contributed by atoms with van der Waals surface area (Å²) in [4.78, 5) is 12.9. The van der Waals surface area contributed by atoms with E-state index < -0.39 is 0 Å². The number of benzene rings is 2. The zero-order valence-electron chi connectivity index (χ0n) is 17.4. The predicted molar refractivity (Wildman–Crippen MR) is 122 cm³/mol. The first-order valence-corrected chi connectivity index (χ1v) is 10.9. The second-order valence-electron chi connectivity index (χ2n) is 8.51. The summed E-state index contributed by atoms with van der Waals surface area (Å²) in [5.41, 5.74) is 4.62. The molecule has 0 fully saturated rings. The summed E-state index contributed by atoms with van der Waals surface area (Å²) in [5.74, 6) is -0.513. The van der Waals surface area contributed by atoms with Gasteiger partial charge in [-0.25, -0.2) is 4.39 Å². The van der Waals surface area contributed by atoms with Crippen molar-refractivity contribution in [3.63, 3.8) is 0 Å². The van der Waals surface area contributed by atoms with Gasteiger partial charge in [-0.05, 0) is 40.1 Å².